The Hall–Kier alpha value is -1.46. The van der Waals surface area contributed by atoms with E-state index >= 15 is 0 Å². The van der Waals surface area contributed by atoms with Gasteiger partial charge in [-0.25, -0.2) is 0 Å². The monoisotopic (exact) mass is 305 g/mol. The third-order valence-corrected chi connectivity index (χ3v) is 4.14. The summed E-state index contributed by atoms with van der Waals surface area (Å²) in [6.45, 7) is 8.47. The zero-order valence-corrected chi connectivity index (χ0v) is 14.0. The van der Waals surface area contributed by atoms with Crippen LogP contribution in [0, 0.1) is 12.8 Å². The Bertz CT molecular complexity index is 581. The van der Waals surface area contributed by atoms with Crippen molar-refractivity contribution in [3.05, 3.63) is 28.8 Å². The molecule has 0 saturated heterocycles. The Labute approximate surface area is 130 Å². The summed E-state index contributed by atoms with van der Waals surface area (Å²) >= 11 is 1.64. The largest absolute Gasteiger partial charge is 0.496 e. The number of methoxy groups -OCH3 is 1. The maximum atomic E-state index is 5.42. The van der Waals surface area contributed by atoms with Crippen molar-refractivity contribution in [1.29, 1.82) is 0 Å². The molecule has 2 aromatic rings. The fourth-order valence-corrected chi connectivity index (χ4v) is 2.90. The normalized spacial score (nSPS) is 11.1. The summed E-state index contributed by atoms with van der Waals surface area (Å²) in [5, 5.41) is 14.0. The Morgan fingerprint density at radius 2 is 2.10 bits per heavy atom. The fourth-order valence-electron chi connectivity index (χ4n) is 2.04. The van der Waals surface area contributed by atoms with E-state index in [9.17, 15) is 0 Å². The van der Waals surface area contributed by atoms with E-state index in [-0.39, 0.29) is 0 Å². The highest BCUT2D eigenvalue weighted by Crippen LogP contribution is 2.32. The van der Waals surface area contributed by atoms with E-state index in [0.29, 0.717) is 5.92 Å². The van der Waals surface area contributed by atoms with Gasteiger partial charge in [0.05, 0.1) is 12.7 Å². The first-order valence-electron chi connectivity index (χ1n) is 7.28. The Balaban J connectivity index is 2.04. The highest BCUT2D eigenvalue weighted by Gasteiger charge is 2.12. The molecule has 5 heteroatoms. The molecular formula is C16H23N3OS. The Morgan fingerprint density at radius 1 is 1.29 bits per heavy atom. The van der Waals surface area contributed by atoms with Crippen LogP contribution in [0.25, 0.3) is 10.6 Å². The molecule has 114 valence electrons. The average molecular weight is 305 g/mol. The predicted octanol–water partition coefficient (Wildman–Crippen LogP) is 3.31. The van der Waals surface area contributed by atoms with Crippen LogP contribution in [0.15, 0.2) is 18.2 Å². The number of hydrogen-bond donors (Lipinski definition) is 1. The SMILES string of the molecule is COc1ccc(C)cc1-c1nnc(CCNCC(C)C)s1. The van der Waals surface area contributed by atoms with Crippen LogP contribution in [-0.4, -0.2) is 30.4 Å². The van der Waals surface area contributed by atoms with Crippen molar-refractivity contribution < 1.29 is 4.74 Å². The molecule has 0 bridgehead atoms. The van der Waals surface area contributed by atoms with Gasteiger partial charge in [0.25, 0.3) is 0 Å². The Kier molecular flexibility index (Phi) is 5.70. The van der Waals surface area contributed by atoms with E-state index in [1.165, 1.54) is 5.56 Å². The van der Waals surface area contributed by atoms with Gasteiger partial charge in [0.2, 0.25) is 0 Å². The van der Waals surface area contributed by atoms with Gasteiger partial charge in [0.15, 0.2) is 5.01 Å². The maximum Gasteiger partial charge on any atom is 0.151 e. The number of aromatic nitrogens is 2. The fraction of sp³-hybridized carbons (Fsp3) is 0.500. The molecular weight excluding hydrogens is 282 g/mol. The van der Waals surface area contributed by atoms with Crippen LogP contribution in [0.5, 0.6) is 5.75 Å². The molecule has 0 atom stereocenters. The minimum Gasteiger partial charge on any atom is -0.496 e. The lowest BCUT2D eigenvalue weighted by Crippen LogP contribution is -2.22. The summed E-state index contributed by atoms with van der Waals surface area (Å²) < 4.78 is 5.42. The summed E-state index contributed by atoms with van der Waals surface area (Å²) in [5.41, 5.74) is 2.22. The lowest BCUT2D eigenvalue weighted by molar-refractivity contribution is 0.416. The van der Waals surface area contributed by atoms with Gasteiger partial charge >= 0.3 is 0 Å². The molecule has 0 fully saturated rings. The molecule has 0 aliphatic rings. The molecule has 21 heavy (non-hydrogen) atoms. The number of nitrogens with one attached hydrogen (secondary N) is 1. The van der Waals surface area contributed by atoms with Crippen LogP contribution >= 0.6 is 11.3 Å². The summed E-state index contributed by atoms with van der Waals surface area (Å²) in [6.07, 6.45) is 0.915. The van der Waals surface area contributed by atoms with Gasteiger partial charge in [0, 0.05) is 13.0 Å². The third kappa shape index (κ3) is 4.51. The highest BCUT2D eigenvalue weighted by atomic mass is 32.1. The number of benzene rings is 1. The van der Waals surface area contributed by atoms with Crippen LogP contribution in [-0.2, 0) is 6.42 Å². The van der Waals surface area contributed by atoms with Crippen LogP contribution in [0.2, 0.25) is 0 Å². The van der Waals surface area contributed by atoms with E-state index in [1.807, 2.05) is 12.1 Å². The standard InChI is InChI=1S/C16H23N3OS/c1-11(2)10-17-8-7-15-18-19-16(21-15)13-9-12(3)5-6-14(13)20-4/h5-6,9,11,17H,7-8,10H2,1-4H3. The first-order valence-corrected chi connectivity index (χ1v) is 8.10. The summed E-state index contributed by atoms with van der Waals surface area (Å²) in [6, 6.07) is 6.12. The van der Waals surface area contributed by atoms with Crippen molar-refractivity contribution in [3.63, 3.8) is 0 Å². The van der Waals surface area contributed by atoms with Gasteiger partial charge in [-0.1, -0.05) is 36.8 Å². The second kappa shape index (κ2) is 7.52. The van der Waals surface area contributed by atoms with E-state index in [0.717, 1.165) is 40.8 Å². The van der Waals surface area contributed by atoms with Crippen molar-refractivity contribution in [2.24, 2.45) is 5.92 Å². The van der Waals surface area contributed by atoms with Crippen molar-refractivity contribution in [3.8, 4) is 16.3 Å². The van der Waals surface area contributed by atoms with E-state index in [4.69, 9.17) is 4.74 Å². The van der Waals surface area contributed by atoms with Crippen molar-refractivity contribution in [2.75, 3.05) is 20.2 Å². The number of rotatable bonds is 7. The lowest BCUT2D eigenvalue weighted by atomic mass is 10.1. The molecule has 1 aromatic heterocycles. The molecule has 1 heterocycles. The van der Waals surface area contributed by atoms with Crippen LogP contribution in [0.3, 0.4) is 0 Å². The molecule has 0 saturated carbocycles. The maximum absolute atomic E-state index is 5.42. The second-order valence-electron chi connectivity index (χ2n) is 5.55. The smallest absolute Gasteiger partial charge is 0.151 e. The molecule has 1 N–H and O–H groups in total. The number of nitrogens with zero attached hydrogens (tertiary/aromatic N) is 2. The number of ether oxygens (including phenoxy) is 1. The summed E-state index contributed by atoms with van der Waals surface area (Å²) in [4.78, 5) is 0. The molecule has 4 nitrogen and oxygen atoms in total. The van der Waals surface area contributed by atoms with Crippen molar-refractivity contribution in [1.82, 2.24) is 15.5 Å². The zero-order chi connectivity index (χ0) is 15.2. The molecule has 1 aromatic carbocycles. The highest BCUT2D eigenvalue weighted by molar-refractivity contribution is 7.14. The molecule has 2 rings (SSSR count). The van der Waals surface area contributed by atoms with Crippen LogP contribution in [0.4, 0.5) is 0 Å². The summed E-state index contributed by atoms with van der Waals surface area (Å²) in [5.74, 6) is 1.52. The van der Waals surface area contributed by atoms with Gasteiger partial charge < -0.3 is 10.1 Å². The number of aryl methyl sites for hydroxylation is 1. The van der Waals surface area contributed by atoms with Crippen molar-refractivity contribution >= 4 is 11.3 Å². The van der Waals surface area contributed by atoms with Crippen LogP contribution in [0.1, 0.15) is 24.4 Å². The molecule has 0 amide bonds. The molecule has 0 spiro atoms. The predicted molar refractivity (Wildman–Crippen MR) is 88.0 cm³/mol. The van der Waals surface area contributed by atoms with Gasteiger partial charge in [-0.3, -0.25) is 0 Å². The third-order valence-electron chi connectivity index (χ3n) is 3.12. The molecule has 0 aliphatic heterocycles. The van der Waals surface area contributed by atoms with E-state index in [2.05, 4.69) is 42.4 Å². The minimum atomic E-state index is 0.673. The molecule has 0 aliphatic carbocycles. The van der Waals surface area contributed by atoms with Gasteiger partial charge in [0.1, 0.15) is 10.8 Å². The van der Waals surface area contributed by atoms with E-state index < -0.39 is 0 Å². The van der Waals surface area contributed by atoms with Crippen LogP contribution < -0.4 is 10.1 Å². The quantitative estimate of drug-likeness (QED) is 0.797. The minimum absolute atomic E-state index is 0.673. The zero-order valence-electron chi connectivity index (χ0n) is 13.1. The molecule has 0 radical (unpaired) electrons. The van der Waals surface area contributed by atoms with Gasteiger partial charge in [-0.05, 0) is 31.5 Å². The van der Waals surface area contributed by atoms with Gasteiger partial charge in [-0.2, -0.15) is 0 Å². The lowest BCUT2D eigenvalue weighted by Gasteiger charge is -2.06. The molecule has 0 unspecified atom stereocenters. The topological polar surface area (TPSA) is 47.0 Å². The number of hydrogen-bond acceptors (Lipinski definition) is 5. The first-order chi connectivity index (χ1) is 10.1. The van der Waals surface area contributed by atoms with Gasteiger partial charge in [-0.15, -0.1) is 10.2 Å². The van der Waals surface area contributed by atoms with Crippen molar-refractivity contribution in [2.45, 2.75) is 27.2 Å². The first kappa shape index (κ1) is 15.9. The second-order valence-corrected chi connectivity index (χ2v) is 6.61. The Morgan fingerprint density at radius 3 is 2.81 bits per heavy atom. The average Bonchev–Trinajstić information content (AvgIpc) is 2.92. The summed E-state index contributed by atoms with van der Waals surface area (Å²) in [7, 11) is 1.69. The van der Waals surface area contributed by atoms with E-state index in [1.54, 1.807) is 18.4 Å².